The molecule has 0 atom stereocenters. The molecule has 19 aromatic rings. The van der Waals surface area contributed by atoms with Gasteiger partial charge in [-0.2, -0.15) is 0 Å². The molecular formula is C90H60N6. The molecule has 6 heteroatoms. The molecule has 0 spiro atoms. The maximum atomic E-state index is 5.33. The van der Waals surface area contributed by atoms with Gasteiger partial charge in [-0.15, -0.1) is 0 Å². The van der Waals surface area contributed by atoms with E-state index in [4.69, 9.17) is 15.0 Å². The zero-order valence-electron chi connectivity index (χ0n) is 52.6. The van der Waals surface area contributed by atoms with Gasteiger partial charge in [-0.05, 0) is 132 Å². The van der Waals surface area contributed by atoms with E-state index in [9.17, 15) is 0 Å². The Bertz CT molecular complexity index is 5900. The quantitative estimate of drug-likeness (QED) is 0.135. The minimum Gasteiger partial charge on any atom is -0.327 e. The molecule has 0 bridgehead atoms. The van der Waals surface area contributed by atoms with E-state index in [-0.39, 0.29) is 0 Å². The molecule has 0 unspecified atom stereocenters. The fraction of sp³-hybridized carbons (Fsp3) is 0.0111. The number of fused-ring (bicyclic) bond motifs is 10. The third kappa shape index (κ3) is 9.70. The number of imidazole rings is 1. The summed E-state index contributed by atoms with van der Waals surface area (Å²) in [6, 6.07) is 123. The highest BCUT2D eigenvalue weighted by Gasteiger charge is 2.22. The number of hydrogen-bond donors (Lipinski definition) is 0. The predicted octanol–water partition coefficient (Wildman–Crippen LogP) is 23.4. The Kier molecular flexibility index (Phi) is 13.7. The fourth-order valence-electron chi connectivity index (χ4n) is 14.6. The topological polar surface area (TPSA) is 53.5 Å². The molecule has 6 nitrogen and oxygen atoms in total. The van der Waals surface area contributed by atoms with Crippen molar-refractivity contribution in [1.82, 2.24) is 28.7 Å². The number of rotatable bonds is 9. The van der Waals surface area contributed by atoms with Gasteiger partial charge in [-0.1, -0.05) is 279 Å². The van der Waals surface area contributed by atoms with E-state index in [1.807, 2.05) is 30.3 Å². The minimum absolute atomic E-state index is 0.686. The Labute approximate surface area is 555 Å². The Morgan fingerprint density at radius 2 is 0.604 bits per heavy atom. The SMILES string of the molecule is Cn1c(-c2ccccc2)nc2cc(-c3c4ccccc4c(-c4ccc5ccccc5c4)c4ccccc34)ccc21.c1ccc(-c2ccc(-c3cc(-c4cc(-n5c6ccccc6c6ccccc65)cc(-n5c6ccccc6c6ccccc65)c4)nc(-c4ccccc4)n3)cc2)cc1. The van der Waals surface area contributed by atoms with Crippen molar-refractivity contribution in [2.75, 3.05) is 0 Å². The molecule has 0 N–H and O–H groups in total. The van der Waals surface area contributed by atoms with Crippen molar-refractivity contribution in [2.45, 2.75) is 0 Å². The van der Waals surface area contributed by atoms with Crippen LogP contribution in [-0.4, -0.2) is 28.7 Å². The first-order valence-corrected chi connectivity index (χ1v) is 32.7. The summed E-state index contributed by atoms with van der Waals surface area (Å²) in [6.45, 7) is 0. The maximum absolute atomic E-state index is 5.33. The van der Waals surface area contributed by atoms with Crippen molar-refractivity contribution in [3.8, 4) is 90.0 Å². The van der Waals surface area contributed by atoms with Crippen LogP contribution >= 0.6 is 0 Å². The van der Waals surface area contributed by atoms with Crippen LogP contribution in [0, 0.1) is 0 Å². The molecule has 0 saturated heterocycles. The summed E-state index contributed by atoms with van der Waals surface area (Å²) in [5.74, 6) is 1.67. The van der Waals surface area contributed by atoms with Crippen LogP contribution in [0.15, 0.2) is 346 Å². The van der Waals surface area contributed by atoms with Crippen LogP contribution < -0.4 is 0 Å². The van der Waals surface area contributed by atoms with E-state index < -0.39 is 0 Å². The fourth-order valence-corrected chi connectivity index (χ4v) is 14.6. The number of aromatic nitrogens is 6. The Morgan fingerprint density at radius 3 is 1.11 bits per heavy atom. The van der Waals surface area contributed by atoms with E-state index in [0.29, 0.717) is 5.82 Å². The zero-order chi connectivity index (χ0) is 63.6. The van der Waals surface area contributed by atoms with Crippen molar-refractivity contribution in [3.05, 3.63) is 346 Å². The van der Waals surface area contributed by atoms with Crippen LogP contribution in [0.1, 0.15) is 0 Å². The maximum Gasteiger partial charge on any atom is 0.160 e. The van der Waals surface area contributed by atoms with Crippen LogP contribution in [0.3, 0.4) is 0 Å². The second-order valence-corrected chi connectivity index (χ2v) is 24.7. The molecule has 96 heavy (non-hydrogen) atoms. The average molecular weight is 1230 g/mol. The van der Waals surface area contributed by atoms with Crippen LogP contribution in [0.2, 0.25) is 0 Å². The Morgan fingerprint density at radius 1 is 0.229 bits per heavy atom. The average Bonchev–Trinajstić information content (AvgIpc) is 1.18. The second-order valence-electron chi connectivity index (χ2n) is 24.7. The minimum atomic E-state index is 0.686. The van der Waals surface area contributed by atoms with Crippen LogP contribution in [0.5, 0.6) is 0 Å². The van der Waals surface area contributed by atoms with Gasteiger partial charge >= 0.3 is 0 Å². The molecule has 0 aliphatic rings. The van der Waals surface area contributed by atoms with Crippen molar-refractivity contribution in [2.24, 2.45) is 7.05 Å². The highest BCUT2D eigenvalue weighted by Crippen LogP contribution is 2.46. The van der Waals surface area contributed by atoms with Gasteiger partial charge in [0, 0.05) is 62.2 Å². The summed E-state index contributed by atoms with van der Waals surface area (Å²) in [6.07, 6.45) is 0. The first-order chi connectivity index (χ1) is 47.5. The molecule has 0 radical (unpaired) electrons. The van der Waals surface area contributed by atoms with Gasteiger partial charge in [-0.25, -0.2) is 15.0 Å². The summed E-state index contributed by atoms with van der Waals surface area (Å²) in [4.78, 5) is 15.6. The summed E-state index contributed by atoms with van der Waals surface area (Å²) < 4.78 is 6.98. The zero-order valence-corrected chi connectivity index (χ0v) is 52.6. The largest absolute Gasteiger partial charge is 0.327 e. The first-order valence-electron chi connectivity index (χ1n) is 32.7. The van der Waals surface area contributed by atoms with Crippen LogP contribution in [-0.2, 0) is 7.05 Å². The Balaban J connectivity index is 0.000000148. The molecule has 4 heterocycles. The van der Waals surface area contributed by atoms with E-state index in [2.05, 4.69) is 336 Å². The number of nitrogens with zero attached hydrogens (tertiary/aromatic N) is 6. The van der Waals surface area contributed by atoms with Crippen LogP contribution in [0.25, 0.3) is 177 Å². The smallest absolute Gasteiger partial charge is 0.160 e. The van der Waals surface area contributed by atoms with Crippen molar-refractivity contribution < 1.29 is 0 Å². The molecule has 15 aromatic carbocycles. The van der Waals surface area contributed by atoms with Crippen molar-refractivity contribution in [1.29, 1.82) is 0 Å². The standard InChI is InChI=1S/C52H34N4.C38H26N2/c1-3-15-35(16-4-1)36-27-29-37(30-28-36)46-34-47(54-52(53-46)38-17-5-2-6-18-38)39-31-40(55-48-23-11-7-19-42(48)43-20-8-12-24-49(43)55)33-41(32-39)56-50-25-13-9-21-44(50)45-22-10-14-26-51(45)56;1-40-35-22-21-29(24-34(35)39-38(40)26-12-3-2-4-13-26)37-32-17-9-7-15-30(32)36(31-16-8-10-18-33(31)37)28-20-19-25-11-5-6-14-27(25)23-28/h1-34H;2-24H,1H3. The van der Waals surface area contributed by atoms with Gasteiger partial charge in [-0.3, -0.25) is 0 Å². The summed E-state index contributed by atoms with van der Waals surface area (Å²) in [7, 11) is 2.10. The summed E-state index contributed by atoms with van der Waals surface area (Å²) in [5.41, 5.74) is 22.1. The number of aryl methyl sites for hydroxylation is 1. The lowest BCUT2D eigenvalue weighted by Gasteiger charge is -2.18. The highest BCUT2D eigenvalue weighted by molar-refractivity contribution is 6.22. The van der Waals surface area contributed by atoms with Gasteiger partial charge in [0.15, 0.2) is 5.82 Å². The monoisotopic (exact) mass is 1220 g/mol. The van der Waals surface area contributed by atoms with E-state index in [1.54, 1.807) is 0 Å². The molecule has 450 valence electrons. The molecule has 0 aliphatic carbocycles. The predicted molar refractivity (Wildman–Crippen MR) is 402 cm³/mol. The summed E-state index contributed by atoms with van der Waals surface area (Å²) in [5, 5.41) is 12.4. The second kappa shape index (κ2) is 23.4. The van der Waals surface area contributed by atoms with Crippen molar-refractivity contribution >= 4 is 87.0 Å². The van der Waals surface area contributed by atoms with Gasteiger partial charge < -0.3 is 13.7 Å². The van der Waals surface area contributed by atoms with Gasteiger partial charge in [0.2, 0.25) is 0 Å². The van der Waals surface area contributed by atoms with Gasteiger partial charge in [0.05, 0.1) is 44.5 Å². The number of para-hydroxylation sites is 4. The van der Waals surface area contributed by atoms with E-state index in [0.717, 1.165) is 83.9 Å². The highest BCUT2D eigenvalue weighted by atomic mass is 15.1. The molecule has 0 fully saturated rings. The van der Waals surface area contributed by atoms with E-state index in [1.165, 1.54) is 87.2 Å². The van der Waals surface area contributed by atoms with Gasteiger partial charge in [0.25, 0.3) is 0 Å². The number of hydrogen-bond acceptors (Lipinski definition) is 3. The molecule has 0 saturated carbocycles. The molecule has 0 amide bonds. The first kappa shape index (κ1) is 56.0. The van der Waals surface area contributed by atoms with E-state index >= 15 is 0 Å². The lowest BCUT2D eigenvalue weighted by Crippen LogP contribution is -2.01. The summed E-state index contributed by atoms with van der Waals surface area (Å²) >= 11 is 0. The lowest BCUT2D eigenvalue weighted by molar-refractivity contribution is 0.959. The molecule has 4 aromatic heterocycles. The van der Waals surface area contributed by atoms with Crippen molar-refractivity contribution in [3.63, 3.8) is 0 Å². The van der Waals surface area contributed by atoms with Crippen LogP contribution in [0.4, 0.5) is 0 Å². The third-order valence-corrected chi connectivity index (χ3v) is 19.1. The molecular weight excluding hydrogens is 1170 g/mol. The Hall–Kier alpha value is -12.8. The normalized spacial score (nSPS) is 11.6. The molecule has 0 aliphatic heterocycles. The third-order valence-electron chi connectivity index (χ3n) is 19.1. The number of benzene rings is 15. The lowest BCUT2D eigenvalue weighted by atomic mass is 9.85. The van der Waals surface area contributed by atoms with Gasteiger partial charge in [0.1, 0.15) is 5.82 Å². The molecule has 19 rings (SSSR count).